The van der Waals surface area contributed by atoms with Crippen LogP contribution in [0.4, 0.5) is 0 Å². The summed E-state index contributed by atoms with van der Waals surface area (Å²) >= 11 is 0. The number of benzene rings is 1. The lowest BCUT2D eigenvalue weighted by Gasteiger charge is -2.13. The Balaban J connectivity index is 1.85. The van der Waals surface area contributed by atoms with Crippen LogP contribution < -0.4 is 0 Å². The highest BCUT2D eigenvalue weighted by atomic mass is 14.7. The average Bonchev–Trinajstić information content (AvgIpc) is 3.04. The molecule has 1 fully saturated rings. The first kappa shape index (κ1) is 10.9. The Hall–Kier alpha value is -2.02. The summed E-state index contributed by atoms with van der Waals surface area (Å²) in [6.07, 6.45) is 10.3. The average molecular weight is 247 g/mol. The van der Waals surface area contributed by atoms with Gasteiger partial charge >= 0.3 is 0 Å². The number of fused-ring (bicyclic) bond motifs is 2. The molecule has 1 aromatic heterocycles. The first-order valence-corrected chi connectivity index (χ1v) is 6.99. The number of rotatable bonds is 1. The summed E-state index contributed by atoms with van der Waals surface area (Å²) < 4.78 is 0. The van der Waals surface area contributed by atoms with Gasteiger partial charge in [-0.2, -0.15) is 0 Å². The van der Waals surface area contributed by atoms with Crippen LogP contribution in [0.2, 0.25) is 0 Å². The molecular formula is C18H17N. The molecule has 1 heterocycles. The van der Waals surface area contributed by atoms with E-state index in [0.29, 0.717) is 5.92 Å². The van der Waals surface area contributed by atoms with Crippen molar-refractivity contribution in [3.63, 3.8) is 0 Å². The number of allylic oxidation sites excluding steroid dienone is 5. The molecule has 1 N–H and O–H groups in total. The molecular weight excluding hydrogens is 230 g/mol. The Morgan fingerprint density at radius 2 is 2.00 bits per heavy atom. The van der Waals surface area contributed by atoms with Crippen LogP contribution in [-0.2, 0) is 0 Å². The quantitative estimate of drug-likeness (QED) is 0.740. The highest BCUT2D eigenvalue weighted by Gasteiger charge is 2.30. The van der Waals surface area contributed by atoms with Crippen molar-refractivity contribution in [3.05, 3.63) is 71.5 Å². The Kier molecular flexibility index (Phi) is 2.28. The fourth-order valence-corrected chi connectivity index (χ4v) is 3.50. The summed E-state index contributed by atoms with van der Waals surface area (Å²) in [7, 11) is 0. The normalized spacial score (nSPS) is 22.3. The van der Waals surface area contributed by atoms with Gasteiger partial charge < -0.3 is 4.98 Å². The highest BCUT2D eigenvalue weighted by Crippen LogP contribution is 2.48. The van der Waals surface area contributed by atoms with E-state index in [0.717, 1.165) is 6.42 Å². The third kappa shape index (κ3) is 1.54. The van der Waals surface area contributed by atoms with E-state index in [-0.39, 0.29) is 0 Å². The van der Waals surface area contributed by atoms with Crippen LogP contribution >= 0.6 is 0 Å². The molecule has 1 nitrogen and oxygen atoms in total. The lowest BCUT2D eigenvalue weighted by Crippen LogP contribution is -1.95. The molecule has 0 spiro atoms. The molecule has 1 atom stereocenters. The van der Waals surface area contributed by atoms with Gasteiger partial charge in [-0.3, -0.25) is 0 Å². The second-order valence-corrected chi connectivity index (χ2v) is 5.49. The first-order valence-electron chi connectivity index (χ1n) is 6.99. The Bertz CT molecular complexity index is 727. The van der Waals surface area contributed by atoms with E-state index in [1.54, 1.807) is 0 Å². The van der Waals surface area contributed by atoms with Crippen molar-refractivity contribution in [2.24, 2.45) is 0 Å². The van der Waals surface area contributed by atoms with Crippen LogP contribution in [0, 0.1) is 0 Å². The van der Waals surface area contributed by atoms with Gasteiger partial charge in [0, 0.05) is 23.0 Å². The minimum atomic E-state index is 0.454. The Labute approximate surface area is 113 Å². The van der Waals surface area contributed by atoms with Crippen molar-refractivity contribution in [1.29, 1.82) is 0 Å². The fourth-order valence-electron chi connectivity index (χ4n) is 3.50. The summed E-state index contributed by atoms with van der Waals surface area (Å²) in [4.78, 5) is 3.30. The van der Waals surface area contributed by atoms with Gasteiger partial charge in [0.25, 0.3) is 0 Å². The number of aromatic nitrogens is 1. The summed E-state index contributed by atoms with van der Waals surface area (Å²) in [6.45, 7) is 4.37. The number of nitrogens with one attached hydrogen (secondary N) is 1. The smallest absolute Gasteiger partial charge is 0.0456 e. The van der Waals surface area contributed by atoms with Crippen LogP contribution in [0.3, 0.4) is 0 Å². The fraction of sp³-hybridized carbons (Fsp3) is 0.222. The molecule has 19 heavy (non-hydrogen) atoms. The number of H-pyrrole nitrogens is 1. The number of aromatic amines is 1. The molecule has 4 rings (SSSR count). The van der Waals surface area contributed by atoms with E-state index >= 15 is 0 Å². The van der Waals surface area contributed by atoms with Crippen LogP contribution in [0.1, 0.15) is 30.7 Å². The van der Waals surface area contributed by atoms with Gasteiger partial charge in [0.2, 0.25) is 0 Å². The van der Waals surface area contributed by atoms with Gasteiger partial charge in [-0.05, 0) is 53.7 Å². The van der Waals surface area contributed by atoms with Crippen LogP contribution in [0.15, 0.2) is 65.9 Å². The molecule has 1 aromatic carbocycles. The van der Waals surface area contributed by atoms with Crippen molar-refractivity contribution in [2.75, 3.05) is 0 Å². The lowest BCUT2D eigenvalue weighted by atomic mass is 9.91. The molecule has 0 bridgehead atoms. The molecule has 1 heteroatoms. The van der Waals surface area contributed by atoms with E-state index in [1.807, 2.05) is 6.20 Å². The second kappa shape index (κ2) is 3.99. The predicted octanol–water partition coefficient (Wildman–Crippen LogP) is 4.86. The highest BCUT2D eigenvalue weighted by molar-refractivity contribution is 5.84. The van der Waals surface area contributed by atoms with Crippen molar-refractivity contribution in [2.45, 2.75) is 25.2 Å². The molecule has 0 radical (unpaired) electrons. The monoisotopic (exact) mass is 247 g/mol. The van der Waals surface area contributed by atoms with E-state index in [9.17, 15) is 0 Å². The molecule has 94 valence electrons. The predicted molar refractivity (Wildman–Crippen MR) is 80.2 cm³/mol. The zero-order valence-electron chi connectivity index (χ0n) is 10.9. The molecule has 2 aliphatic carbocycles. The lowest BCUT2D eigenvalue weighted by molar-refractivity contribution is 0.868. The molecule has 1 saturated carbocycles. The van der Waals surface area contributed by atoms with Crippen molar-refractivity contribution >= 4 is 10.9 Å². The van der Waals surface area contributed by atoms with Gasteiger partial charge in [0.05, 0.1) is 0 Å². The second-order valence-electron chi connectivity index (χ2n) is 5.49. The third-order valence-corrected chi connectivity index (χ3v) is 4.45. The molecule has 0 amide bonds. The van der Waals surface area contributed by atoms with Gasteiger partial charge in [-0.25, -0.2) is 0 Å². The number of hydrogen-bond acceptors (Lipinski definition) is 0. The van der Waals surface area contributed by atoms with Crippen LogP contribution in [-0.4, -0.2) is 4.98 Å². The number of hydrogen-bond donors (Lipinski definition) is 1. The maximum Gasteiger partial charge on any atom is 0.0456 e. The summed E-state index contributed by atoms with van der Waals surface area (Å²) in [5.74, 6) is 0.454. The SMILES string of the molecule is C=C1C2=CCCC=C2CC1c1cccc2[nH]ccc12. The topological polar surface area (TPSA) is 15.8 Å². The molecule has 0 saturated heterocycles. The van der Waals surface area contributed by atoms with Gasteiger partial charge in [-0.15, -0.1) is 0 Å². The summed E-state index contributed by atoms with van der Waals surface area (Å²) in [6, 6.07) is 8.72. The zero-order chi connectivity index (χ0) is 12.8. The molecule has 2 aromatic rings. The first-order chi connectivity index (χ1) is 9.34. The maximum absolute atomic E-state index is 4.37. The third-order valence-electron chi connectivity index (χ3n) is 4.45. The van der Waals surface area contributed by atoms with E-state index in [2.05, 4.69) is 48.0 Å². The van der Waals surface area contributed by atoms with Gasteiger partial charge in [0.15, 0.2) is 0 Å². The van der Waals surface area contributed by atoms with E-state index in [4.69, 9.17) is 0 Å². The molecule has 1 unspecified atom stereocenters. The van der Waals surface area contributed by atoms with Crippen molar-refractivity contribution < 1.29 is 0 Å². The minimum absolute atomic E-state index is 0.454. The van der Waals surface area contributed by atoms with Gasteiger partial charge in [0.1, 0.15) is 0 Å². The minimum Gasteiger partial charge on any atom is -0.361 e. The van der Waals surface area contributed by atoms with Crippen molar-refractivity contribution in [3.8, 4) is 0 Å². The summed E-state index contributed by atoms with van der Waals surface area (Å²) in [5.41, 5.74) is 6.88. The van der Waals surface area contributed by atoms with Crippen molar-refractivity contribution in [1.82, 2.24) is 4.98 Å². The molecule has 2 aliphatic rings. The van der Waals surface area contributed by atoms with Crippen LogP contribution in [0.5, 0.6) is 0 Å². The van der Waals surface area contributed by atoms with Gasteiger partial charge in [-0.1, -0.05) is 30.9 Å². The summed E-state index contributed by atoms with van der Waals surface area (Å²) in [5, 5.41) is 1.34. The Morgan fingerprint density at radius 3 is 2.89 bits per heavy atom. The van der Waals surface area contributed by atoms with E-state index in [1.165, 1.54) is 46.0 Å². The molecule has 0 aliphatic heterocycles. The van der Waals surface area contributed by atoms with Crippen LogP contribution in [0.25, 0.3) is 10.9 Å². The van der Waals surface area contributed by atoms with E-state index < -0.39 is 0 Å². The standard InChI is InChI=1S/C18H17N/c1-12-14-6-3-2-5-13(14)11-17(12)15-7-4-8-18-16(15)9-10-19-18/h4-10,17,19H,1-3,11H2. The zero-order valence-corrected chi connectivity index (χ0v) is 10.9. The maximum atomic E-state index is 4.37. The largest absolute Gasteiger partial charge is 0.361 e. The Morgan fingerprint density at radius 1 is 1.11 bits per heavy atom.